The summed E-state index contributed by atoms with van der Waals surface area (Å²) < 4.78 is 5.93. The predicted molar refractivity (Wildman–Crippen MR) is 85.1 cm³/mol. The maximum Gasteiger partial charge on any atom is 0.127 e. The SMILES string of the molecule is CC(C)NCCCOc1ccccc1-c1ccccc1. The van der Waals surface area contributed by atoms with Crippen LogP contribution < -0.4 is 10.1 Å². The average Bonchev–Trinajstić information content (AvgIpc) is 2.48. The predicted octanol–water partition coefficient (Wildman–Crippen LogP) is 4.12. The van der Waals surface area contributed by atoms with E-state index in [-0.39, 0.29) is 0 Å². The van der Waals surface area contributed by atoms with Crippen molar-refractivity contribution in [3.63, 3.8) is 0 Å². The highest BCUT2D eigenvalue weighted by molar-refractivity contribution is 5.70. The molecule has 1 N–H and O–H groups in total. The molecule has 0 unspecified atom stereocenters. The third-order valence-electron chi connectivity index (χ3n) is 3.10. The van der Waals surface area contributed by atoms with Crippen molar-refractivity contribution in [1.82, 2.24) is 5.32 Å². The van der Waals surface area contributed by atoms with Crippen molar-refractivity contribution in [2.24, 2.45) is 0 Å². The fraction of sp³-hybridized carbons (Fsp3) is 0.333. The molecule has 0 saturated carbocycles. The summed E-state index contributed by atoms with van der Waals surface area (Å²) in [6.07, 6.45) is 1.02. The first-order valence-corrected chi connectivity index (χ1v) is 7.28. The van der Waals surface area contributed by atoms with Gasteiger partial charge in [0.25, 0.3) is 0 Å². The highest BCUT2D eigenvalue weighted by Crippen LogP contribution is 2.29. The lowest BCUT2D eigenvalue weighted by atomic mass is 10.1. The van der Waals surface area contributed by atoms with Gasteiger partial charge in [-0.2, -0.15) is 0 Å². The summed E-state index contributed by atoms with van der Waals surface area (Å²) in [5.74, 6) is 0.961. The minimum Gasteiger partial charge on any atom is -0.493 e. The Balaban J connectivity index is 1.95. The number of hydrogen-bond donors (Lipinski definition) is 1. The summed E-state index contributed by atoms with van der Waals surface area (Å²) in [4.78, 5) is 0. The molecule has 2 aromatic rings. The van der Waals surface area contributed by atoms with E-state index in [9.17, 15) is 0 Å². The van der Waals surface area contributed by atoms with E-state index < -0.39 is 0 Å². The fourth-order valence-corrected chi connectivity index (χ4v) is 2.09. The summed E-state index contributed by atoms with van der Waals surface area (Å²) in [7, 11) is 0. The van der Waals surface area contributed by atoms with Gasteiger partial charge in [-0.1, -0.05) is 62.4 Å². The van der Waals surface area contributed by atoms with Gasteiger partial charge in [-0.15, -0.1) is 0 Å². The zero-order valence-corrected chi connectivity index (χ0v) is 12.3. The molecule has 0 aromatic heterocycles. The zero-order valence-electron chi connectivity index (χ0n) is 12.3. The summed E-state index contributed by atoms with van der Waals surface area (Å²) in [5.41, 5.74) is 2.35. The van der Waals surface area contributed by atoms with Crippen LogP contribution in [0, 0.1) is 0 Å². The maximum absolute atomic E-state index is 5.93. The molecule has 2 nitrogen and oxygen atoms in total. The number of benzene rings is 2. The number of para-hydroxylation sites is 1. The van der Waals surface area contributed by atoms with E-state index >= 15 is 0 Å². The molecule has 0 aliphatic heterocycles. The summed E-state index contributed by atoms with van der Waals surface area (Å²) in [6.45, 7) is 6.05. The van der Waals surface area contributed by atoms with E-state index in [0.717, 1.165) is 30.9 Å². The summed E-state index contributed by atoms with van der Waals surface area (Å²) >= 11 is 0. The smallest absolute Gasteiger partial charge is 0.127 e. The van der Waals surface area contributed by atoms with E-state index in [1.165, 1.54) is 5.56 Å². The first kappa shape index (κ1) is 14.6. The van der Waals surface area contributed by atoms with Crippen molar-refractivity contribution in [3.8, 4) is 16.9 Å². The first-order valence-electron chi connectivity index (χ1n) is 7.28. The minimum atomic E-state index is 0.534. The standard InChI is InChI=1S/C18H23NO/c1-15(2)19-13-8-14-20-18-12-7-6-11-17(18)16-9-4-3-5-10-16/h3-7,9-12,15,19H,8,13-14H2,1-2H3. The number of ether oxygens (including phenoxy) is 1. The maximum atomic E-state index is 5.93. The highest BCUT2D eigenvalue weighted by Gasteiger charge is 2.04. The molecule has 2 aromatic carbocycles. The van der Waals surface area contributed by atoms with Crippen molar-refractivity contribution in [2.75, 3.05) is 13.2 Å². The zero-order chi connectivity index (χ0) is 14.2. The van der Waals surface area contributed by atoms with Gasteiger partial charge in [0.2, 0.25) is 0 Å². The Labute approximate surface area is 121 Å². The summed E-state index contributed by atoms with van der Waals surface area (Å²) in [6, 6.07) is 19.1. The van der Waals surface area contributed by atoms with Crippen LogP contribution in [-0.2, 0) is 0 Å². The van der Waals surface area contributed by atoms with Gasteiger partial charge in [-0.25, -0.2) is 0 Å². The number of nitrogens with one attached hydrogen (secondary N) is 1. The van der Waals surface area contributed by atoms with Crippen molar-refractivity contribution >= 4 is 0 Å². The molecule has 0 heterocycles. The third-order valence-corrected chi connectivity index (χ3v) is 3.10. The van der Waals surface area contributed by atoms with Crippen molar-refractivity contribution < 1.29 is 4.74 Å². The van der Waals surface area contributed by atoms with Gasteiger partial charge in [0.15, 0.2) is 0 Å². The lowest BCUT2D eigenvalue weighted by Crippen LogP contribution is -2.24. The molecular weight excluding hydrogens is 246 g/mol. The normalized spacial score (nSPS) is 10.8. The molecule has 0 saturated heterocycles. The van der Waals surface area contributed by atoms with E-state index in [1.807, 2.05) is 18.2 Å². The van der Waals surface area contributed by atoms with Gasteiger partial charge >= 0.3 is 0 Å². The highest BCUT2D eigenvalue weighted by atomic mass is 16.5. The Morgan fingerprint density at radius 1 is 0.950 bits per heavy atom. The molecule has 20 heavy (non-hydrogen) atoms. The average molecular weight is 269 g/mol. The van der Waals surface area contributed by atoms with Crippen LogP contribution in [0.3, 0.4) is 0 Å². The second kappa shape index (κ2) is 7.71. The Kier molecular flexibility index (Phi) is 5.63. The van der Waals surface area contributed by atoms with E-state index in [2.05, 4.69) is 55.6 Å². The minimum absolute atomic E-state index is 0.534. The van der Waals surface area contributed by atoms with Crippen LogP contribution in [0.15, 0.2) is 54.6 Å². The van der Waals surface area contributed by atoms with Crippen LogP contribution in [0.5, 0.6) is 5.75 Å². The molecule has 0 bridgehead atoms. The van der Waals surface area contributed by atoms with Crippen LogP contribution in [0.2, 0.25) is 0 Å². The largest absolute Gasteiger partial charge is 0.493 e. The van der Waals surface area contributed by atoms with E-state index in [4.69, 9.17) is 4.74 Å². The van der Waals surface area contributed by atoms with Crippen LogP contribution >= 0.6 is 0 Å². The topological polar surface area (TPSA) is 21.3 Å². The Morgan fingerprint density at radius 3 is 2.40 bits per heavy atom. The lowest BCUT2D eigenvalue weighted by Gasteiger charge is -2.12. The Hall–Kier alpha value is -1.80. The summed E-state index contributed by atoms with van der Waals surface area (Å²) in [5, 5.41) is 3.40. The third kappa shape index (κ3) is 4.39. The molecule has 0 fully saturated rings. The first-order chi connectivity index (χ1) is 9.77. The van der Waals surface area contributed by atoms with Gasteiger partial charge in [0.1, 0.15) is 5.75 Å². The van der Waals surface area contributed by atoms with Crippen LogP contribution in [0.25, 0.3) is 11.1 Å². The van der Waals surface area contributed by atoms with Crippen LogP contribution in [0.4, 0.5) is 0 Å². The second-order valence-corrected chi connectivity index (χ2v) is 5.17. The molecular formula is C18H23NO. The van der Waals surface area contributed by atoms with Crippen molar-refractivity contribution in [3.05, 3.63) is 54.6 Å². The van der Waals surface area contributed by atoms with Crippen LogP contribution in [0.1, 0.15) is 20.3 Å². The van der Waals surface area contributed by atoms with Crippen LogP contribution in [-0.4, -0.2) is 19.2 Å². The number of hydrogen-bond acceptors (Lipinski definition) is 2. The number of rotatable bonds is 7. The molecule has 106 valence electrons. The molecule has 0 radical (unpaired) electrons. The second-order valence-electron chi connectivity index (χ2n) is 5.17. The Bertz CT molecular complexity index is 508. The van der Waals surface area contributed by atoms with E-state index in [0.29, 0.717) is 6.04 Å². The monoisotopic (exact) mass is 269 g/mol. The molecule has 0 aliphatic carbocycles. The van der Waals surface area contributed by atoms with Gasteiger partial charge in [0.05, 0.1) is 6.61 Å². The van der Waals surface area contributed by atoms with Gasteiger partial charge in [0, 0.05) is 11.6 Å². The molecule has 0 atom stereocenters. The molecule has 0 amide bonds. The molecule has 2 heteroatoms. The Morgan fingerprint density at radius 2 is 1.65 bits per heavy atom. The quantitative estimate of drug-likeness (QED) is 0.763. The van der Waals surface area contributed by atoms with Crippen molar-refractivity contribution in [1.29, 1.82) is 0 Å². The van der Waals surface area contributed by atoms with Gasteiger partial charge in [-0.05, 0) is 24.6 Å². The molecule has 0 spiro atoms. The van der Waals surface area contributed by atoms with Gasteiger partial charge < -0.3 is 10.1 Å². The van der Waals surface area contributed by atoms with Gasteiger partial charge in [-0.3, -0.25) is 0 Å². The molecule has 0 aliphatic rings. The van der Waals surface area contributed by atoms with Crippen molar-refractivity contribution in [2.45, 2.75) is 26.3 Å². The van der Waals surface area contributed by atoms with E-state index in [1.54, 1.807) is 0 Å². The fourth-order valence-electron chi connectivity index (χ4n) is 2.09. The molecule has 2 rings (SSSR count). The lowest BCUT2D eigenvalue weighted by molar-refractivity contribution is 0.307.